The average molecular weight is 283 g/mol. The van der Waals surface area contributed by atoms with Crippen molar-refractivity contribution in [1.82, 2.24) is 0 Å². The van der Waals surface area contributed by atoms with E-state index in [0.717, 1.165) is 10.6 Å². The molecule has 0 unspecified atom stereocenters. The van der Waals surface area contributed by atoms with E-state index in [1.165, 1.54) is 0 Å². The number of rotatable bonds is 1. The summed E-state index contributed by atoms with van der Waals surface area (Å²) in [5.41, 5.74) is 1.01. The van der Waals surface area contributed by atoms with Crippen LogP contribution in [0.2, 0.25) is 5.02 Å². The average Bonchev–Trinajstić information content (AvgIpc) is 1.88. The van der Waals surface area contributed by atoms with Crippen molar-refractivity contribution in [2.45, 2.75) is 3.74 Å². The minimum atomic E-state index is 0.138. The van der Waals surface area contributed by atoms with E-state index in [0.29, 0.717) is 0 Å². The van der Waals surface area contributed by atoms with E-state index >= 15 is 0 Å². The molecule has 0 aliphatic heterocycles. The summed E-state index contributed by atoms with van der Waals surface area (Å²) in [5, 5.41) is 0.734. The molecule has 3 heteroatoms. The molecule has 10 heavy (non-hydrogen) atoms. The van der Waals surface area contributed by atoms with Gasteiger partial charge in [0.1, 0.15) is 0 Å². The Hall–Kier alpha value is 0.470. The SMILES string of the molecule is Clc1cc[c]c(C(Br)Br)c1. The third-order valence-electron chi connectivity index (χ3n) is 1.02. The summed E-state index contributed by atoms with van der Waals surface area (Å²) in [5.74, 6) is 0. The van der Waals surface area contributed by atoms with Gasteiger partial charge in [0.05, 0.1) is 3.74 Å². The van der Waals surface area contributed by atoms with Gasteiger partial charge in [-0.25, -0.2) is 0 Å². The normalized spacial score (nSPS) is 10.4. The first-order valence-electron chi connectivity index (χ1n) is 2.65. The second kappa shape index (κ2) is 3.74. The Kier molecular flexibility index (Phi) is 3.21. The van der Waals surface area contributed by atoms with Gasteiger partial charge < -0.3 is 0 Å². The number of alkyl halides is 2. The van der Waals surface area contributed by atoms with Gasteiger partial charge in [-0.2, -0.15) is 0 Å². The fourth-order valence-corrected chi connectivity index (χ4v) is 1.29. The Bertz CT molecular complexity index is 223. The molecular formula is C7H4Br2Cl. The summed E-state index contributed by atoms with van der Waals surface area (Å²) >= 11 is 12.4. The zero-order valence-corrected chi connectivity index (χ0v) is 8.87. The summed E-state index contributed by atoms with van der Waals surface area (Å²) in [6.45, 7) is 0. The minimum absolute atomic E-state index is 0.138. The highest BCUT2D eigenvalue weighted by Gasteiger charge is 2.01. The van der Waals surface area contributed by atoms with Crippen LogP contribution in [0.15, 0.2) is 18.2 Å². The largest absolute Gasteiger partial charge is 0.0953 e. The van der Waals surface area contributed by atoms with Crippen molar-refractivity contribution in [2.24, 2.45) is 0 Å². The van der Waals surface area contributed by atoms with Gasteiger partial charge in [0.2, 0.25) is 0 Å². The van der Waals surface area contributed by atoms with Crippen LogP contribution in [0.4, 0.5) is 0 Å². The van der Waals surface area contributed by atoms with Crippen molar-refractivity contribution in [2.75, 3.05) is 0 Å². The second-order valence-electron chi connectivity index (χ2n) is 1.76. The van der Waals surface area contributed by atoms with Crippen LogP contribution in [0.1, 0.15) is 9.30 Å². The molecule has 1 aromatic rings. The summed E-state index contributed by atoms with van der Waals surface area (Å²) in [7, 11) is 0. The predicted molar refractivity (Wildman–Crippen MR) is 50.9 cm³/mol. The molecule has 0 saturated heterocycles. The van der Waals surface area contributed by atoms with Gasteiger partial charge in [-0.15, -0.1) is 0 Å². The van der Waals surface area contributed by atoms with Crippen molar-refractivity contribution < 1.29 is 0 Å². The van der Waals surface area contributed by atoms with Gasteiger partial charge in [0.25, 0.3) is 0 Å². The zero-order chi connectivity index (χ0) is 7.56. The van der Waals surface area contributed by atoms with Gasteiger partial charge in [-0.3, -0.25) is 0 Å². The molecule has 0 aromatic heterocycles. The van der Waals surface area contributed by atoms with Crippen molar-refractivity contribution in [3.8, 4) is 0 Å². The van der Waals surface area contributed by atoms with E-state index in [2.05, 4.69) is 37.9 Å². The summed E-state index contributed by atoms with van der Waals surface area (Å²) in [6.07, 6.45) is 0. The molecule has 0 N–H and O–H groups in total. The number of hydrogen-bond donors (Lipinski definition) is 0. The summed E-state index contributed by atoms with van der Waals surface area (Å²) in [6, 6.07) is 8.49. The minimum Gasteiger partial charge on any atom is -0.0843 e. The standard InChI is InChI=1S/C7H4Br2Cl/c8-7(9)5-2-1-3-6(10)4-5/h1,3-4,7H. The molecule has 0 aliphatic rings. The van der Waals surface area contributed by atoms with Gasteiger partial charge in [0, 0.05) is 5.02 Å². The molecule has 1 aromatic carbocycles. The molecule has 0 aliphatic carbocycles. The highest BCUT2D eigenvalue weighted by atomic mass is 79.9. The van der Waals surface area contributed by atoms with Crippen LogP contribution in [0.3, 0.4) is 0 Å². The zero-order valence-electron chi connectivity index (χ0n) is 4.94. The summed E-state index contributed by atoms with van der Waals surface area (Å²) in [4.78, 5) is 0. The van der Waals surface area contributed by atoms with Crippen molar-refractivity contribution in [3.63, 3.8) is 0 Å². The Labute approximate surface area is 81.8 Å². The van der Waals surface area contributed by atoms with Gasteiger partial charge in [-0.05, 0) is 23.8 Å². The highest BCUT2D eigenvalue weighted by molar-refractivity contribution is 9.24. The topological polar surface area (TPSA) is 0 Å². The number of benzene rings is 1. The van der Waals surface area contributed by atoms with E-state index in [4.69, 9.17) is 11.6 Å². The van der Waals surface area contributed by atoms with Crippen LogP contribution in [-0.4, -0.2) is 0 Å². The first-order chi connectivity index (χ1) is 4.70. The fraction of sp³-hybridized carbons (Fsp3) is 0.143. The lowest BCUT2D eigenvalue weighted by molar-refractivity contribution is 1.41. The lowest BCUT2D eigenvalue weighted by atomic mass is 10.2. The van der Waals surface area contributed by atoms with Crippen LogP contribution in [0.5, 0.6) is 0 Å². The van der Waals surface area contributed by atoms with E-state index in [1.54, 1.807) is 12.1 Å². The number of halogens is 3. The first-order valence-corrected chi connectivity index (χ1v) is 4.86. The lowest BCUT2D eigenvalue weighted by Crippen LogP contribution is -1.78. The maximum absolute atomic E-state index is 5.73. The predicted octanol–water partition coefficient (Wildman–Crippen LogP) is 3.93. The smallest absolute Gasteiger partial charge is 0.0843 e. The van der Waals surface area contributed by atoms with E-state index in [-0.39, 0.29) is 3.74 Å². The van der Waals surface area contributed by atoms with Crippen molar-refractivity contribution >= 4 is 43.5 Å². The van der Waals surface area contributed by atoms with Crippen molar-refractivity contribution in [3.05, 3.63) is 34.9 Å². The van der Waals surface area contributed by atoms with Crippen LogP contribution >= 0.6 is 43.5 Å². The first kappa shape index (κ1) is 8.57. The Morgan fingerprint density at radius 3 is 2.60 bits per heavy atom. The van der Waals surface area contributed by atoms with Gasteiger partial charge in [-0.1, -0.05) is 49.5 Å². The fourth-order valence-electron chi connectivity index (χ4n) is 0.582. The van der Waals surface area contributed by atoms with Gasteiger partial charge >= 0.3 is 0 Å². The van der Waals surface area contributed by atoms with E-state index in [1.807, 2.05) is 6.07 Å². The molecule has 0 bridgehead atoms. The molecule has 0 saturated carbocycles. The molecule has 0 spiro atoms. The molecule has 0 atom stereocenters. The Morgan fingerprint density at radius 1 is 1.50 bits per heavy atom. The molecule has 1 rings (SSSR count). The van der Waals surface area contributed by atoms with Crippen LogP contribution in [0.25, 0.3) is 0 Å². The Morgan fingerprint density at radius 2 is 2.20 bits per heavy atom. The number of hydrogen-bond acceptors (Lipinski definition) is 0. The molecule has 53 valence electrons. The molecular weight excluding hydrogens is 279 g/mol. The molecule has 0 nitrogen and oxygen atoms in total. The highest BCUT2D eigenvalue weighted by Crippen LogP contribution is 2.29. The molecule has 0 fully saturated rings. The lowest BCUT2D eigenvalue weighted by Gasteiger charge is -1.99. The third kappa shape index (κ3) is 2.26. The van der Waals surface area contributed by atoms with E-state index < -0.39 is 0 Å². The van der Waals surface area contributed by atoms with Crippen LogP contribution in [-0.2, 0) is 0 Å². The van der Waals surface area contributed by atoms with E-state index in [9.17, 15) is 0 Å². The molecule has 0 heterocycles. The van der Waals surface area contributed by atoms with Crippen LogP contribution < -0.4 is 0 Å². The second-order valence-corrected chi connectivity index (χ2v) is 5.26. The quantitative estimate of drug-likeness (QED) is 0.685. The third-order valence-corrected chi connectivity index (χ3v) is 2.24. The van der Waals surface area contributed by atoms with Crippen LogP contribution in [0, 0.1) is 6.07 Å². The molecule has 0 amide bonds. The summed E-state index contributed by atoms with van der Waals surface area (Å²) < 4.78 is 0.138. The monoisotopic (exact) mass is 281 g/mol. The maximum atomic E-state index is 5.73. The van der Waals surface area contributed by atoms with Crippen molar-refractivity contribution in [1.29, 1.82) is 0 Å². The Balaban J connectivity index is 2.96. The van der Waals surface area contributed by atoms with Gasteiger partial charge in [0.15, 0.2) is 0 Å². The maximum Gasteiger partial charge on any atom is 0.0953 e. The molecule has 1 radical (unpaired) electrons.